The first-order chi connectivity index (χ1) is 30.0. The van der Waals surface area contributed by atoms with Crippen molar-refractivity contribution in [3.63, 3.8) is 0 Å². The predicted octanol–water partition coefficient (Wildman–Crippen LogP) is 16.1. The van der Waals surface area contributed by atoms with Crippen LogP contribution < -0.4 is 5.32 Å². The zero-order valence-corrected chi connectivity index (χ0v) is 40.8. The van der Waals surface area contributed by atoms with Crippen molar-refractivity contribution >= 4 is 11.9 Å². The third-order valence-electron chi connectivity index (χ3n) is 12.2. The molecule has 6 nitrogen and oxygen atoms in total. The third kappa shape index (κ3) is 44.5. The molecule has 6 heteroatoms. The Morgan fingerprint density at radius 1 is 0.475 bits per heavy atom. The van der Waals surface area contributed by atoms with Crippen LogP contribution in [0.4, 0.5) is 0 Å². The Kier molecular flexibility index (Phi) is 47.6. The van der Waals surface area contributed by atoms with Gasteiger partial charge in [-0.1, -0.05) is 224 Å². The second kappa shape index (κ2) is 49.1. The molecule has 0 saturated heterocycles. The van der Waals surface area contributed by atoms with Crippen LogP contribution in [0.5, 0.6) is 0 Å². The summed E-state index contributed by atoms with van der Waals surface area (Å²) in [5, 5.41) is 23.8. The van der Waals surface area contributed by atoms with Gasteiger partial charge in [-0.05, 0) is 77.0 Å². The minimum atomic E-state index is -0.793. The molecule has 0 aromatic heterocycles. The van der Waals surface area contributed by atoms with Crippen LogP contribution >= 0.6 is 0 Å². The molecule has 0 fully saturated rings. The predicted molar refractivity (Wildman–Crippen MR) is 264 cm³/mol. The van der Waals surface area contributed by atoms with E-state index in [1.54, 1.807) is 0 Å². The Hall–Kier alpha value is -1.92. The summed E-state index contributed by atoms with van der Waals surface area (Å²) in [6.45, 7) is 6.44. The molecule has 0 rings (SSSR count). The standard InChI is InChI=1S/C55H103NO5/c1-4-7-10-13-16-19-22-25-26-27-28-30-32-35-38-41-44-47-53(58)52(50-57)56-54(59)49-51(46-43-40-37-34-31-29-23-20-17-14-11-8-5-2)61-55(60)48-45-42-39-36-33-24-21-18-15-12-9-6-3/h17-18,20-21,23,29,51-53,57-58H,4-16,19,22,24-28,30-50H2,1-3H3,(H,56,59)/b20-17+,21-18-,29-23+. The van der Waals surface area contributed by atoms with E-state index in [2.05, 4.69) is 62.5 Å². The highest BCUT2D eigenvalue weighted by atomic mass is 16.5. The van der Waals surface area contributed by atoms with Gasteiger partial charge in [-0.15, -0.1) is 0 Å². The molecule has 0 aromatic carbocycles. The molecule has 0 aliphatic heterocycles. The maximum atomic E-state index is 13.2. The van der Waals surface area contributed by atoms with Gasteiger partial charge in [-0.25, -0.2) is 0 Å². The Morgan fingerprint density at radius 3 is 1.30 bits per heavy atom. The quantitative estimate of drug-likeness (QED) is 0.0245. The first-order valence-electron chi connectivity index (χ1n) is 26.7. The molecule has 61 heavy (non-hydrogen) atoms. The maximum absolute atomic E-state index is 13.2. The summed E-state index contributed by atoms with van der Waals surface area (Å²) in [5.74, 6) is -0.496. The molecule has 0 saturated carbocycles. The topological polar surface area (TPSA) is 95.9 Å². The molecule has 0 spiro atoms. The van der Waals surface area contributed by atoms with Crippen molar-refractivity contribution in [1.29, 1.82) is 0 Å². The van der Waals surface area contributed by atoms with Gasteiger partial charge in [0, 0.05) is 6.42 Å². The van der Waals surface area contributed by atoms with E-state index in [0.717, 1.165) is 83.5 Å². The van der Waals surface area contributed by atoms with Crippen molar-refractivity contribution in [2.75, 3.05) is 6.61 Å². The highest BCUT2D eigenvalue weighted by molar-refractivity contribution is 5.77. The zero-order chi connectivity index (χ0) is 44.5. The second-order valence-corrected chi connectivity index (χ2v) is 18.3. The number of allylic oxidation sites excluding steroid dienone is 6. The molecule has 0 aliphatic carbocycles. The number of aliphatic hydroxyl groups excluding tert-OH is 2. The van der Waals surface area contributed by atoms with Gasteiger partial charge in [-0.2, -0.15) is 0 Å². The normalized spacial score (nSPS) is 13.5. The second-order valence-electron chi connectivity index (χ2n) is 18.3. The van der Waals surface area contributed by atoms with E-state index in [1.807, 2.05) is 0 Å². The number of nitrogens with one attached hydrogen (secondary N) is 1. The number of ether oxygens (including phenoxy) is 1. The molecule has 0 aromatic rings. The molecule has 3 N–H and O–H groups in total. The molecule has 0 radical (unpaired) electrons. The SMILES string of the molecule is CCCCC/C=C\CCCCCCCC(=O)OC(CCCCCC/C=C/C=C/CCCCC)CC(=O)NC(CO)C(O)CCCCCCCCCCCCCCCCCCC. The fourth-order valence-corrected chi connectivity index (χ4v) is 8.12. The lowest BCUT2D eigenvalue weighted by Crippen LogP contribution is -2.46. The van der Waals surface area contributed by atoms with E-state index >= 15 is 0 Å². The van der Waals surface area contributed by atoms with Crippen molar-refractivity contribution in [1.82, 2.24) is 5.32 Å². The molecule has 0 aliphatic rings. The summed E-state index contributed by atoms with van der Waals surface area (Å²) in [7, 11) is 0. The van der Waals surface area contributed by atoms with Crippen LogP contribution in [0.15, 0.2) is 36.5 Å². The molecule has 3 unspecified atom stereocenters. The minimum absolute atomic E-state index is 0.0629. The van der Waals surface area contributed by atoms with Crippen molar-refractivity contribution in [3.05, 3.63) is 36.5 Å². The van der Waals surface area contributed by atoms with E-state index in [9.17, 15) is 19.8 Å². The first-order valence-corrected chi connectivity index (χ1v) is 26.7. The number of esters is 1. The summed E-state index contributed by atoms with van der Waals surface area (Å²) in [6.07, 6.45) is 57.7. The number of unbranched alkanes of at least 4 members (excludes halogenated alkanes) is 31. The summed E-state index contributed by atoms with van der Waals surface area (Å²) in [4.78, 5) is 26.1. The van der Waals surface area contributed by atoms with Crippen LogP contribution in [0.1, 0.15) is 278 Å². The lowest BCUT2D eigenvalue weighted by atomic mass is 10.0. The van der Waals surface area contributed by atoms with Crippen molar-refractivity contribution in [2.24, 2.45) is 0 Å². The van der Waals surface area contributed by atoms with E-state index in [0.29, 0.717) is 19.3 Å². The molecule has 0 bridgehead atoms. The van der Waals surface area contributed by atoms with E-state index in [4.69, 9.17) is 4.74 Å². The fourth-order valence-electron chi connectivity index (χ4n) is 8.12. The highest BCUT2D eigenvalue weighted by Gasteiger charge is 2.24. The Bertz CT molecular complexity index is 1010. The van der Waals surface area contributed by atoms with Gasteiger partial charge in [0.1, 0.15) is 6.10 Å². The Morgan fingerprint density at radius 2 is 0.836 bits per heavy atom. The molecule has 0 heterocycles. The molecular weight excluding hydrogens is 755 g/mol. The molecule has 358 valence electrons. The van der Waals surface area contributed by atoms with E-state index < -0.39 is 18.2 Å². The monoisotopic (exact) mass is 858 g/mol. The van der Waals surface area contributed by atoms with Gasteiger partial charge in [0.2, 0.25) is 5.91 Å². The van der Waals surface area contributed by atoms with Crippen LogP contribution in [0.25, 0.3) is 0 Å². The van der Waals surface area contributed by atoms with Crippen LogP contribution in [0, 0.1) is 0 Å². The third-order valence-corrected chi connectivity index (χ3v) is 12.2. The van der Waals surface area contributed by atoms with E-state index in [-0.39, 0.29) is 24.9 Å². The van der Waals surface area contributed by atoms with Crippen molar-refractivity contribution < 1.29 is 24.5 Å². The van der Waals surface area contributed by atoms with E-state index in [1.165, 1.54) is 148 Å². The average molecular weight is 858 g/mol. The van der Waals surface area contributed by atoms with Gasteiger partial charge in [0.25, 0.3) is 0 Å². The molecular formula is C55H103NO5. The minimum Gasteiger partial charge on any atom is -0.462 e. The summed E-state index contributed by atoms with van der Waals surface area (Å²) >= 11 is 0. The van der Waals surface area contributed by atoms with Crippen LogP contribution in [0.3, 0.4) is 0 Å². The molecule has 3 atom stereocenters. The van der Waals surface area contributed by atoms with Crippen LogP contribution in [0.2, 0.25) is 0 Å². The number of carbonyl (C=O) groups is 2. The van der Waals surface area contributed by atoms with Crippen molar-refractivity contribution in [2.45, 2.75) is 296 Å². The number of carbonyl (C=O) groups excluding carboxylic acids is 2. The zero-order valence-electron chi connectivity index (χ0n) is 40.8. The van der Waals surface area contributed by atoms with Gasteiger partial charge < -0.3 is 20.3 Å². The van der Waals surface area contributed by atoms with Gasteiger partial charge in [-0.3, -0.25) is 9.59 Å². The van der Waals surface area contributed by atoms with Crippen LogP contribution in [-0.2, 0) is 14.3 Å². The van der Waals surface area contributed by atoms with Gasteiger partial charge in [0.15, 0.2) is 0 Å². The van der Waals surface area contributed by atoms with Gasteiger partial charge >= 0.3 is 5.97 Å². The summed E-state index contributed by atoms with van der Waals surface area (Å²) in [6, 6.07) is -0.708. The smallest absolute Gasteiger partial charge is 0.306 e. The average Bonchev–Trinajstić information content (AvgIpc) is 3.25. The van der Waals surface area contributed by atoms with Crippen molar-refractivity contribution in [3.8, 4) is 0 Å². The fraction of sp³-hybridized carbons (Fsp3) is 0.855. The summed E-state index contributed by atoms with van der Waals surface area (Å²) < 4.78 is 5.92. The highest BCUT2D eigenvalue weighted by Crippen LogP contribution is 2.18. The lowest BCUT2D eigenvalue weighted by Gasteiger charge is -2.24. The molecule has 1 amide bonds. The number of rotatable bonds is 48. The number of hydrogen-bond donors (Lipinski definition) is 3. The van der Waals surface area contributed by atoms with Gasteiger partial charge in [0.05, 0.1) is 25.2 Å². The lowest BCUT2D eigenvalue weighted by molar-refractivity contribution is -0.151. The largest absolute Gasteiger partial charge is 0.462 e. The number of amides is 1. The number of aliphatic hydroxyl groups is 2. The Balaban J connectivity index is 4.52. The summed E-state index contributed by atoms with van der Waals surface area (Å²) in [5.41, 5.74) is 0. The Labute approximate surface area is 379 Å². The maximum Gasteiger partial charge on any atom is 0.306 e. The van der Waals surface area contributed by atoms with Crippen LogP contribution in [-0.4, -0.2) is 46.9 Å². The first kappa shape index (κ1) is 59.1. The number of hydrogen-bond acceptors (Lipinski definition) is 5.